The lowest BCUT2D eigenvalue weighted by Gasteiger charge is -2.30. The van der Waals surface area contributed by atoms with Crippen molar-refractivity contribution in [2.75, 3.05) is 18.5 Å². The fourth-order valence-corrected chi connectivity index (χ4v) is 5.00. The summed E-state index contributed by atoms with van der Waals surface area (Å²) < 4.78 is 5.54. The Bertz CT molecular complexity index is 1260. The van der Waals surface area contributed by atoms with E-state index in [4.69, 9.17) is 4.74 Å². The highest BCUT2D eigenvalue weighted by molar-refractivity contribution is 5.97. The molecule has 0 unspecified atom stereocenters. The molecule has 0 bridgehead atoms. The molecule has 1 atom stereocenters. The van der Waals surface area contributed by atoms with E-state index in [0.717, 1.165) is 22.3 Å². The lowest BCUT2D eigenvalue weighted by molar-refractivity contribution is -0.147. The van der Waals surface area contributed by atoms with Gasteiger partial charge < -0.3 is 14.7 Å². The minimum absolute atomic E-state index is 0.0460. The van der Waals surface area contributed by atoms with E-state index in [1.54, 1.807) is 13.0 Å². The molecule has 2 N–H and O–H groups in total. The third-order valence-corrected chi connectivity index (χ3v) is 6.92. The molecule has 3 aromatic rings. The number of rotatable bonds is 5. The smallest absolute Gasteiger partial charge is 0.411 e. The van der Waals surface area contributed by atoms with E-state index < -0.39 is 23.5 Å². The van der Waals surface area contributed by atoms with Crippen LogP contribution in [0.25, 0.3) is 11.1 Å². The molecular formula is C27H25N3O5. The molecule has 2 aliphatic rings. The van der Waals surface area contributed by atoms with Crippen molar-refractivity contribution in [3.8, 4) is 11.1 Å². The lowest BCUT2D eigenvalue weighted by Crippen LogP contribution is -2.50. The molecule has 2 aromatic carbocycles. The molecule has 8 heteroatoms. The Kier molecular flexibility index (Phi) is 5.72. The van der Waals surface area contributed by atoms with Gasteiger partial charge >= 0.3 is 12.1 Å². The second kappa shape index (κ2) is 8.87. The van der Waals surface area contributed by atoms with Crippen molar-refractivity contribution in [3.63, 3.8) is 0 Å². The summed E-state index contributed by atoms with van der Waals surface area (Å²) in [6.45, 7) is 2.10. The molecule has 35 heavy (non-hydrogen) atoms. The molecule has 5 rings (SSSR count). The summed E-state index contributed by atoms with van der Waals surface area (Å²) in [6, 6.07) is 19.2. The van der Waals surface area contributed by atoms with E-state index in [1.165, 1.54) is 17.2 Å². The number of ether oxygens (including phenoxy) is 1. The number of hydrogen-bond acceptors (Lipinski definition) is 5. The van der Waals surface area contributed by atoms with Crippen LogP contribution in [0.5, 0.6) is 0 Å². The SMILES string of the molecule is C[C@@]1(C(=O)O)CCCN1C(=O)c1ccc(NC(=O)OCC2c3ccccc3-c3ccccc32)cn1. The summed E-state index contributed by atoms with van der Waals surface area (Å²) in [5.74, 6) is -1.52. The molecule has 1 saturated heterocycles. The normalized spacial score (nSPS) is 18.6. The number of carbonyl (C=O) groups excluding carboxylic acids is 2. The molecular weight excluding hydrogens is 446 g/mol. The quantitative estimate of drug-likeness (QED) is 0.566. The maximum absolute atomic E-state index is 12.8. The van der Waals surface area contributed by atoms with Crippen LogP contribution in [0.2, 0.25) is 0 Å². The number of hydrogen-bond donors (Lipinski definition) is 2. The molecule has 1 fully saturated rings. The van der Waals surface area contributed by atoms with Crippen molar-refractivity contribution in [1.82, 2.24) is 9.88 Å². The van der Waals surface area contributed by atoms with Gasteiger partial charge in [-0.05, 0) is 54.2 Å². The number of anilines is 1. The first-order valence-corrected chi connectivity index (χ1v) is 11.5. The number of nitrogens with zero attached hydrogens (tertiary/aromatic N) is 2. The van der Waals surface area contributed by atoms with E-state index in [1.807, 2.05) is 24.3 Å². The molecule has 2 heterocycles. The first-order valence-electron chi connectivity index (χ1n) is 11.5. The number of carboxylic acid groups (broad SMARTS) is 1. The highest BCUT2D eigenvalue weighted by Gasteiger charge is 2.46. The predicted octanol–water partition coefficient (Wildman–Crippen LogP) is 4.52. The maximum atomic E-state index is 12.8. The van der Waals surface area contributed by atoms with Gasteiger partial charge in [-0.1, -0.05) is 48.5 Å². The highest BCUT2D eigenvalue weighted by atomic mass is 16.5. The van der Waals surface area contributed by atoms with E-state index in [-0.39, 0.29) is 18.2 Å². The number of fused-ring (bicyclic) bond motifs is 3. The van der Waals surface area contributed by atoms with Crippen molar-refractivity contribution in [2.45, 2.75) is 31.2 Å². The Labute approximate surface area is 202 Å². The van der Waals surface area contributed by atoms with Gasteiger partial charge in [-0.3, -0.25) is 10.1 Å². The lowest BCUT2D eigenvalue weighted by atomic mass is 9.98. The van der Waals surface area contributed by atoms with Gasteiger partial charge in [0.15, 0.2) is 0 Å². The Morgan fingerprint density at radius 1 is 1.06 bits per heavy atom. The van der Waals surface area contributed by atoms with Gasteiger partial charge in [-0.15, -0.1) is 0 Å². The summed E-state index contributed by atoms with van der Waals surface area (Å²) in [6.07, 6.45) is 1.76. The van der Waals surface area contributed by atoms with Crippen LogP contribution >= 0.6 is 0 Å². The van der Waals surface area contributed by atoms with Crippen LogP contribution in [0, 0.1) is 0 Å². The summed E-state index contributed by atoms with van der Waals surface area (Å²) in [4.78, 5) is 42.5. The second-order valence-electron chi connectivity index (χ2n) is 9.02. The first kappa shape index (κ1) is 22.6. The first-order chi connectivity index (χ1) is 16.9. The molecule has 1 aliphatic heterocycles. The van der Waals surface area contributed by atoms with Gasteiger partial charge in [0.05, 0.1) is 11.9 Å². The van der Waals surface area contributed by atoms with E-state index in [9.17, 15) is 19.5 Å². The van der Waals surface area contributed by atoms with E-state index in [2.05, 4.69) is 34.6 Å². The number of pyridine rings is 1. The van der Waals surface area contributed by atoms with Gasteiger partial charge in [-0.2, -0.15) is 0 Å². The Hall–Kier alpha value is -4.20. The van der Waals surface area contributed by atoms with Crippen LogP contribution in [-0.2, 0) is 9.53 Å². The standard InChI is InChI=1S/C27H25N3O5/c1-27(25(32)33)13-6-14-30(27)24(31)23-12-11-17(15-28-23)29-26(34)35-16-22-20-9-4-2-7-18(20)19-8-3-5-10-21(19)22/h2-5,7-12,15,22H,6,13-14,16H2,1H3,(H,29,34)(H,32,33)/t27-/m0/s1. The monoisotopic (exact) mass is 471 g/mol. The van der Waals surface area contributed by atoms with Crippen LogP contribution in [0.4, 0.5) is 10.5 Å². The zero-order chi connectivity index (χ0) is 24.6. The van der Waals surface area contributed by atoms with Crippen molar-refractivity contribution in [3.05, 3.63) is 83.7 Å². The van der Waals surface area contributed by atoms with E-state index in [0.29, 0.717) is 25.1 Å². The van der Waals surface area contributed by atoms with Crippen LogP contribution in [0.15, 0.2) is 66.9 Å². The zero-order valence-electron chi connectivity index (χ0n) is 19.2. The average Bonchev–Trinajstić information content (AvgIpc) is 3.42. The summed E-state index contributed by atoms with van der Waals surface area (Å²) in [5, 5.41) is 12.2. The van der Waals surface area contributed by atoms with Crippen LogP contribution < -0.4 is 5.32 Å². The van der Waals surface area contributed by atoms with Crippen LogP contribution in [-0.4, -0.2) is 51.7 Å². The van der Waals surface area contributed by atoms with Crippen molar-refractivity contribution in [1.29, 1.82) is 0 Å². The molecule has 1 aliphatic carbocycles. The molecule has 178 valence electrons. The van der Waals surface area contributed by atoms with Crippen LogP contribution in [0.1, 0.15) is 47.3 Å². The molecule has 0 radical (unpaired) electrons. The molecule has 8 nitrogen and oxygen atoms in total. The molecule has 1 aromatic heterocycles. The zero-order valence-corrected chi connectivity index (χ0v) is 19.2. The number of benzene rings is 2. The van der Waals surface area contributed by atoms with Gasteiger partial charge in [0.25, 0.3) is 5.91 Å². The minimum Gasteiger partial charge on any atom is -0.480 e. The summed E-state index contributed by atoms with van der Waals surface area (Å²) >= 11 is 0. The van der Waals surface area contributed by atoms with Crippen molar-refractivity contribution < 1.29 is 24.2 Å². The number of aromatic nitrogens is 1. The molecule has 2 amide bonds. The number of likely N-dealkylation sites (tertiary alicyclic amines) is 1. The number of carbonyl (C=O) groups is 3. The average molecular weight is 472 g/mol. The highest BCUT2D eigenvalue weighted by Crippen LogP contribution is 2.44. The number of nitrogens with one attached hydrogen (secondary N) is 1. The van der Waals surface area contributed by atoms with Crippen molar-refractivity contribution in [2.24, 2.45) is 0 Å². The maximum Gasteiger partial charge on any atom is 0.411 e. The van der Waals surface area contributed by atoms with E-state index >= 15 is 0 Å². The Morgan fingerprint density at radius 3 is 2.31 bits per heavy atom. The Morgan fingerprint density at radius 2 is 1.71 bits per heavy atom. The van der Waals surface area contributed by atoms with Gasteiger partial charge in [0.1, 0.15) is 17.8 Å². The molecule has 0 spiro atoms. The second-order valence-corrected chi connectivity index (χ2v) is 9.02. The van der Waals surface area contributed by atoms with Gasteiger partial charge in [-0.25, -0.2) is 14.6 Å². The number of aliphatic carboxylic acids is 1. The summed E-state index contributed by atoms with van der Waals surface area (Å²) in [5.41, 5.74) is 3.81. The molecule has 0 saturated carbocycles. The third kappa shape index (κ3) is 4.01. The largest absolute Gasteiger partial charge is 0.480 e. The summed E-state index contributed by atoms with van der Waals surface area (Å²) in [7, 11) is 0. The fraction of sp³-hybridized carbons (Fsp3) is 0.259. The third-order valence-electron chi connectivity index (χ3n) is 6.92. The van der Waals surface area contributed by atoms with Gasteiger partial charge in [0, 0.05) is 12.5 Å². The fourth-order valence-electron chi connectivity index (χ4n) is 5.00. The minimum atomic E-state index is -1.24. The van der Waals surface area contributed by atoms with Gasteiger partial charge in [0.2, 0.25) is 0 Å². The topological polar surface area (TPSA) is 109 Å². The number of carboxylic acids is 1. The predicted molar refractivity (Wildman–Crippen MR) is 129 cm³/mol. The number of amides is 2. The van der Waals surface area contributed by atoms with Crippen molar-refractivity contribution >= 4 is 23.7 Å². The van der Waals surface area contributed by atoms with Crippen LogP contribution in [0.3, 0.4) is 0 Å². The Balaban J connectivity index is 1.22.